The Morgan fingerprint density at radius 1 is 1.16 bits per heavy atom. The van der Waals surface area contributed by atoms with Gasteiger partial charge >= 0.3 is 0 Å². The summed E-state index contributed by atoms with van der Waals surface area (Å²) in [5.74, 6) is 0.878. The van der Waals surface area contributed by atoms with Crippen LogP contribution < -0.4 is 15.0 Å². The average Bonchev–Trinajstić information content (AvgIpc) is 2.64. The summed E-state index contributed by atoms with van der Waals surface area (Å²) in [6, 6.07) is 15.4. The van der Waals surface area contributed by atoms with Crippen LogP contribution in [0.4, 0.5) is 11.4 Å². The number of benzene rings is 2. The van der Waals surface area contributed by atoms with Crippen molar-refractivity contribution in [3.05, 3.63) is 64.2 Å². The number of para-hydroxylation sites is 2. The molecule has 0 amide bonds. The molecule has 25 heavy (non-hydrogen) atoms. The lowest BCUT2D eigenvalue weighted by molar-refractivity contribution is -0.918. The SMILES string of the molecule is COc1ccccc1NC1CC[NH+](Cc2ccc([N+](=O)[O-])cc2)CC1. The largest absolute Gasteiger partial charge is 0.495 e. The van der Waals surface area contributed by atoms with E-state index in [2.05, 4.69) is 11.4 Å². The molecule has 6 nitrogen and oxygen atoms in total. The normalized spacial score (nSPS) is 20.0. The molecule has 1 saturated heterocycles. The number of piperidine rings is 1. The highest BCUT2D eigenvalue weighted by Gasteiger charge is 2.23. The maximum absolute atomic E-state index is 10.7. The number of anilines is 1. The summed E-state index contributed by atoms with van der Waals surface area (Å²) in [6.45, 7) is 3.09. The maximum atomic E-state index is 10.7. The number of methoxy groups -OCH3 is 1. The summed E-state index contributed by atoms with van der Waals surface area (Å²) in [4.78, 5) is 11.9. The van der Waals surface area contributed by atoms with Gasteiger partial charge in [-0.25, -0.2) is 0 Å². The molecule has 2 aromatic rings. The first kappa shape index (κ1) is 17.2. The number of hydrogen-bond acceptors (Lipinski definition) is 4. The predicted octanol–water partition coefficient (Wildman–Crippen LogP) is 2.26. The van der Waals surface area contributed by atoms with Crippen LogP contribution in [-0.2, 0) is 6.54 Å². The van der Waals surface area contributed by atoms with E-state index in [1.165, 1.54) is 4.90 Å². The minimum Gasteiger partial charge on any atom is -0.495 e. The Morgan fingerprint density at radius 3 is 2.48 bits per heavy atom. The predicted molar refractivity (Wildman–Crippen MR) is 97.1 cm³/mol. The van der Waals surface area contributed by atoms with E-state index in [4.69, 9.17) is 4.74 Å². The number of likely N-dealkylation sites (tertiary alicyclic amines) is 1. The molecule has 0 unspecified atom stereocenters. The van der Waals surface area contributed by atoms with E-state index in [1.54, 1.807) is 19.2 Å². The standard InChI is InChI=1S/C19H23N3O3/c1-25-19-5-3-2-4-18(19)20-16-10-12-21(13-11-16)14-15-6-8-17(9-7-15)22(23)24/h2-9,16,20H,10-14H2,1H3/p+1. The van der Waals surface area contributed by atoms with Crippen LogP contribution in [-0.4, -0.2) is 31.2 Å². The lowest BCUT2D eigenvalue weighted by atomic mass is 10.0. The molecule has 0 spiro atoms. The van der Waals surface area contributed by atoms with Crippen molar-refractivity contribution in [3.8, 4) is 5.75 Å². The molecule has 1 fully saturated rings. The molecular weight excluding hydrogens is 318 g/mol. The number of nitro groups is 1. The molecule has 1 heterocycles. The van der Waals surface area contributed by atoms with Crippen LogP contribution in [0.25, 0.3) is 0 Å². The third-order valence-electron chi connectivity index (χ3n) is 4.76. The smallest absolute Gasteiger partial charge is 0.269 e. The van der Waals surface area contributed by atoms with Crippen LogP contribution in [0, 0.1) is 10.1 Å². The second kappa shape index (κ2) is 7.98. The Labute approximate surface area is 147 Å². The van der Waals surface area contributed by atoms with E-state index in [-0.39, 0.29) is 10.6 Å². The second-order valence-electron chi connectivity index (χ2n) is 6.47. The van der Waals surface area contributed by atoms with E-state index in [1.807, 2.05) is 30.3 Å². The monoisotopic (exact) mass is 342 g/mol. The first-order valence-corrected chi connectivity index (χ1v) is 8.62. The zero-order chi connectivity index (χ0) is 17.6. The number of non-ortho nitro benzene ring substituents is 1. The maximum Gasteiger partial charge on any atom is 0.269 e. The van der Waals surface area contributed by atoms with E-state index in [0.717, 1.165) is 49.5 Å². The van der Waals surface area contributed by atoms with Gasteiger partial charge in [-0.1, -0.05) is 12.1 Å². The lowest BCUT2D eigenvalue weighted by Gasteiger charge is -2.30. The number of rotatable bonds is 6. The molecule has 2 N–H and O–H groups in total. The molecule has 1 aliphatic rings. The quantitative estimate of drug-likeness (QED) is 0.624. The van der Waals surface area contributed by atoms with Gasteiger partial charge in [-0.3, -0.25) is 10.1 Å². The summed E-state index contributed by atoms with van der Waals surface area (Å²) in [7, 11) is 1.69. The fraction of sp³-hybridized carbons (Fsp3) is 0.368. The highest BCUT2D eigenvalue weighted by Crippen LogP contribution is 2.25. The average molecular weight is 342 g/mol. The lowest BCUT2D eigenvalue weighted by Crippen LogP contribution is -3.12. The molecule has 0 aliphatic carbocycles. The molecule has 6 heteroatoms. The Hall–Kier alpha value is -2.60. The molecule has 0 aromatic heterocycles. The van der Waals surface area contributed by atoms with Crippen LogP contribution in [0.5, 0.6) is 5.75 Å². The van der Waals surface area contributed by atoms with Crippen molar-refractivity contribution >= 4 is 11.4 Å². The molecular formula is C19H24N3O3+. The molecule has 0 saturated carbocycles. The summed E-state index contributed by atoms with van der Waals surface area (Å²) in [6.07, 6.45) is 2.20. The first-order chi connectivity index (χ1) is 12.2. The highest BCUT2D eigenvalue weighted by molar-refractivity contribution is 5.56. The van der Waals surface area contributed by atoms with E-state index in [0.29, 0.717) is 6.04 Å². The third-order valence-corrected chi connectivity index (χ3v) is 4.76. The van der Waals surface area contributed by atoms with Gasteiger partial charge in [0.2, 0.25) is 0 Å². The van der Waals surface area contributed by atoms with Crippen molar-refractivity contribution in [1.82, 2.24) is 0 Å². The first-order valence-electron chi connectivity index (χ1n) is 8.62. The molecule has 0 radical (unpaired) electrons. The van der Waals surface area contributed by atoms with Crippen LogP contribution in [0.15, 0.2) is 48.5 Å². The number of nitrogens with zero attached hydrogens (tertiary/aromatic N) is 1. The van der Waals surface area contributed by atoms with Crippen molar-refractivity contribution in [2.45, 2.75) is 25.4 Å². The summed E-state index contributed by atoms with van der Waals surface area (Å²) in [5, 5.41) is 14.3. The summed E-state index contributed by atoms with van der Waals surface area (Å²) >= 11 is 0. The van der Waals surface area contributed by atoms with Crippen LogP contribution in [0.3, 0.4) is 0 Å². The van der Waals surface area contributed by atoms with Gasteiger partial charge in [0.25, 0.3) is 5.69 Å². The zero-order valence-electron chi connectivity index (χ0n) is 14.4. The zero-order valence-corrected chi connectivity index (χ0v) is 14.4. The molecule has 132 valence electrons. The Bertz CT molecular complexity index is 710. The summed E-state index contributed by atoms with van der Waals surface area (Å²) < 4.78 is 5.40. The molecule has 0 atom stereocenters. The van der Waals surface area contributed by atoms with Gasteiger partial charge in [-0.2, -0.15) is 0 Å². The van der Waals surface area contributed by atoms with Crippen molar-refractivity contribution in [3.63, 3.8) is 0 Å². The Kier molecular flexibility index (Phi) is 5.50. The van der Waals surface area contributed by atoms with Crippen molar-refractivity contribution in [1.29, 1.82) is 0 Å². The fourth-order valence-corrected chi connectivity index (χ4v) is 3.36. The van der Waals surface area contributed by atoms with Gasteiger partial charge in [0, 0.05) is 36.6 Å². The molecule has 1 aliphatic heterocycles. The van der Waals surface area contributed by atoms with Crippen molar-refractivity contribution in [2.24, 2.45) is 0 Å². The topological polar surface area (TPSA) is 68.8 Å². The molecule has 3 rings (SSSR count). The van der Waals surface area contributed by atoms with Crippen LogP contribution in [0.1, 0.15) is 18.4 Å². The van der Waals surface area contributed by atoms with Gasteiger partial charge in [0.15, 0.2) is 0 Å². The Morgan fingerprint density at radius 2 is 1.84 bits per heavy atom. The number of hydrogen-bond donors (Lipinski definition) is 2. The van der Waals surface area contributed by atoms with E-state index >= 15 is 0 Å². The minimum atomic E-state index is -0.356. The van der Waals surface area contributed by atoms with Gasteiger partial charge in [0.1, 0.15) is 12.3 Å². The molecule has 2 aromatic carbocycles. The number of nitrogens with one attached hydrogen (secondary N) is 2. The fourth-order valence-electron chi connectivity index (χ4n) is 3.36. The van der Waals surface area contributed by atoms with Gasteiger partial charge in [-0.05, 0) is 24.3 Å². The van der Waals surface area contributed by atoms with Crippen molar-refractivity contribution in [2.75, 3.05) is 25.5 Å². The Balaban J connectivity index is 1.51. The van der Waals surface area contributed by atoms with Crippen LogP contribution in [0.2, 0.25) is 0 Å². The van der Waals surface area contributed by atoms with E-state index < -0.39 is 0 Å². The highest BCUT2D eigenvalue weighted by atomic mass is 16.6. The molecule has 0 bridgehead atoms. The second-order valence-corrected chi connectivity index (χ2v) is 6.47. The van der Waals surface area contributed by atoms with Gasteiger partial charge in [-0.15, -0.1) is 0 Å². The third kappa shape index (κ3) is 4.48. The van der Waals surface area contributed by atoms with Gasteiger partial charge in [0.05, 0.1) is 30.8 Å². The minimum absolute atomic E-state index is 0.151. The van der Waals surface area contributed by atoms with Crippen molar-refractivity contribution < 1.29 is 14.6 Å². The van der Waals surface area contributed by atoms with E-state index in [9.17, 15) is 10.1 Å². The summed E-state index contributed by atoms with van der Waals surface area (Å²) in [5.41, 5.74) is 2.35. The van der Waals surface area contributed by atoms with Gasteiger partial charge < -0.3 is 15.0 Å². The van der Waals surface area contributed by atoms with Crippen LogP contribution >= 0.6 is 0 Å². The number of ether oxygens (including phenoxy) is 1. The number of quaternary nitrogens is 1. The number of nitro benzene ring substituents is 1.